The maximum Gasteiger partial charge on any atom is 0.190 e. The normalized spacial score (nSPS) is 10.2. The summed E-state index contributed by atoms with van der Waals surface area (Å²) in [5.74, 6) is 1.39. The number of benzene rings is 1. The Labute approximate surface area is 115 Å². The number of thioether (sulfide) groups is 1. The molecule has 2 aromatic rings. The van der Waals surface area contributed by atoms with Gasteiger partial charge in [0, 0.05) is 6.07 Å². The number of para-hydroxylation sites is 2. The van der Waals surface area contributed by atoms with Crippen LogP contribution in [0.5, 0.6) is 5.75 Å². The van der Waals surface area contributed by atoms with E-state index in [2.05, 4.69) is 15.3 Å². The number of ether oxygens (including phenoxy) is 1. The average Bonchev–Trinajstić information content (AvgIpc) is 2.38. The van der Waals surface area contributed by atoms with E-state index in [0.29, 0.717) is 16.1 Å². The van der Waals surface area contributed by atoms with Crippen LogP contribution in [0.25, 0.3) is 0 Å². The Hall–Kier alpha value is -1.46. The van der Waals surface area contributed by atoms with Crippen molar-refractivity contribution in [2.75, 3.05) is 18.7 Å². The van der Waals surface area contributed by atoms with Crippen LogP contribution in [0.1, 0.15) is 0 Å². The second-order valence-electron chi connectivity index (χ2n) is 3.39. The number of nitrogens with one attached hydrogen (secondary N) is 1. The standard InChI is InChI=1S/C12H12ClN3OS/c1-17-9-6-4-3-5-8(9)14-11-7-10(13)15-12(16-11)18-2/h3-7H,1-2H3,(H,14,15,16). The zero-order valence-electron chi connectivity index (χ0n) is 9.98. The van der Waals surface area contributed by atoms with E-state index < -0.39 is 0 Å². The van der Waals surface area contributed by atoms with Crippen molar-refractivity contribution < 1.29 is 4.74 Å². The third kappa shape index (κ3) is 3.05. The number of anilines is 2. The van der Waals surface area contributed by atoms with Crippen LogP contribution < -0.4 is 10.1 Å². The predicted molar refractivity (Wildman–Crippen MR) is 75.1 cm³/mol. The first-order valence-electron chi connectivity index (χ1n) is 5.21. The van der Waals surface area contributed by atoms with Gasteiger partial charge in [-0.05, 0) is 18.4 Å². The first-order chi connectivity index (χ1) is 8.72. The zero-order chi connectivity index (χ0) is 13.0. The molecule has 0 bridgehead atoms. The maximum atomic E-state index is 5.93. The summed E-state index contributed by atoms with van der Waals surface area (Å²) >= 11 is 7.37. The number of hydrogen-bond acceptors (Lipinski definition) is 5. The molecule has 1 aromatic heterocycles. The van der Waals surface area contributed by atoms with Crippen LogP contribution in [0, 0.1) is 0 Å². The van der Waals surface area contributed by atoms with Crippen molar-refractivity contribution in [3.8, 4) is 5.75 Å². The van der Waals surface area contributed by atoms with Crippen molar-refractivity contribution in [3.05, 3.63) is 35.5 Å². The minimum absolute atomic E-state index is 0.409. The third-order valence-electron chi connectivity index (χ3n) is 2.23. The van der Waals surface area contributed by atoms with Gasteiger partial charge in [0.1, 0.15) is 16.7 Å². The van der Waals surface area contributed by atoms with Crippen molar-refractivity contribution in [1.82, 2.24) is 9.97 Å². The molecule has 1 heterocycles. The number of hydrogen-bond donors (Lipinski definition) is 1. The van der Waals surface area contributed by atoms with Gasteiger partial charge in [0.05, 0.1) is 12.8 Å². The second kappa shape index (κ2) is 5.93. The van der Waals surface area contributed by atoms with E-state index >= 15 is 0 Å². The monoisotopic (exact) mass is 281 g/mol. The molecule has 0 aliphatic carbocycles. The van der Waals surface area contributed by atoms with Gasteiger partial charge in [-0.2, -0.15) is 0 Å². The quantitative estimate of drug-likeness (QED) is 0.527. The molecule has 4 nitrogen and oxygen atoms in total. The number of halogens is 1. The molecule has 1 N–H and O–H groups in total. The van der Waals surface area contributed by atoms with Crippen molar-refractivity contribution in [2.45, 2.75) is 5.16 Å². The van der Waals surface area contributed by atoms with E-state index in [1.165, 1.54) is 11.8 Å². The minimum Gasteiger partial charge on any atom is -0.495 e. The topological polar surface area (TPSA) is 47.0 Å². The van der Waals surface area contributed by atoms with Crippen LogP contribution in [0.2, 0.25) is 5.15 Å². The molecular weight excluding hydrogens is 270 g/mol. The first kappa shape index (κ1) is 13.0. The lowest BCUT2D eigenvalue weighted by atomic mass is 10.3. The summed E-state index contributed by atoms with van der Waals surface area (Å²) in [7, 11) is 1.63. The lowest BCUT2D eigenvalue weighted by molar-refractivity contribution is 0.417. The zero-order valence-corrected chi connectivity index (χ0v) is 11.5. The van der Waals surface area contributed by atoms with E-state index in [1.54, 1.807) is 13.2 Å². The highest BCUT2D eigenvalue weighted by Crippen LogP contribution is 2.27. The Morgan fingerprint density at radius 3 is 2.78 bits per heavy atom. The summed E-state index contributed by atoms with van der Waals surface area (Å²) in [6.45, 7) is 0. The van der Waals surface area contributed by atoms with Crippen molar-refractivity contribution >= 4 is 34.9 Å². The summed E-state index contributed by atoms with van der Waals surface area (Å²) in [5.41, 5.74) is 0.835. The number of nitrogens with zero attached hydrogens (tertiary/aromatic N) is 2. The Morgan fingerprint density at radius 1 is 1.28 bits per heavy atom. The number of methoxy groups -OCH3 is 1. The molecule has 0 fully saturated rings. The number of aromatic nitrogens is 2. The van der Waals surface area contributed by atoms with Gasteiger partial charge in [-0.25, -0.2) is 9.97 Å². The summed E-state index contributed by atoms with van der Waals surface area (Å²) in [6.07, 6.45) is 1.90. The molecule has 0 amide bonds. The molecule has 18 heavy (non-hydrogen) atoms. The van der Waals surface area contributed by atoms with Gasteiger partial charge in [-0.15, -0.1) is 0 Å². The van der Waals surface area contributed by atoms with Crippen molar-refractivity contribution in [2.24, 2.45) is 0 Å². The predicted octanol–water partition coefficient (Wildman–Crippen LogP) is 3.60. The van der Waals surface area contributed by atoms with E-state index in [0.717, 1.165) is 11.4 Å². The van der Waals surface area contributed by atoms with Crippen molar-refractivity contribution in [3.63, 3.8) is 0 Å². The molecule has 0 saturated heterocycles. The van der Waals surface area contributed by atoms with Gasteiger partial charge in [0.25, 0.3) is 0 Å². The van der Waals surface area contributed by atoms with Crippen molar-refractivity contribution in [1.29, 1.82) is 0 Å². The Morgan fingerprint density at radius 2 is 2.06 bits per heavy atom. The molecule has 0 radical (unpaired) electrons. The Bertz CT molecular complexity index is 551. The molecule has 0 saturated carbocycles. The molecule has 1 aromatic carbocycles. The van der Waals surface area contributed by atoms with E-state index in [9.17, 15) is 0 Å². The van der Waals surface area contributed by atoms with Gasteiger partial charge < -0.3 is 10.1 Å². The van der Waals surface area contributed by atoms with Gasteiger partial charge in [0.2, 0.25) is 0 Å². The van der Waals surface area contributed by atoms with E-state index in [1.807, 2.05) is 30.5 Å². The molecular formula is C12H12ClN3OS. The lowest BCUT2D eigenvalue weighted by Gasteiger charge is -2.10. The SMILES string of the molecule is COc1ccccc1Nc1cc(Cl)nc(SC)n1. The fraction of sp³-hybridized carbons (Fsp3) is 0.167. The van der Waals surface area contributed by atoms with Crippen LogP contribution in [0.4, 0.5) is 11.5 Å². The molecule has 0 aliphatic heterocycles. The molecule has 0 aliphatic rings. The smallest absolute Gasteiger partial charge is 0.190 e. The summed E-state index contributed by atoms with van der Waals surface area (Å²) < 4.78 is 5.26. The van der Waals surface area contributed by atoms with Crippen LogP contribution >= 0.6 is 23.4 Å². The van der Waals surface area contributed by atoms with Crippen LogP contribution in [-0.4, -0.2) is 23.3 Å². The largest absolute Gasteiger partial charge is 0.495 e. The first-order valence-corrected chi connectivity index (χ1v) is 6.82. The third-order valence-corrected chi connectivity index (χ3v) is 2.97. The van der Waals surface area contributed by atoms with E-state index in [4.69, 9.17) is 16.3 Å². The van der Waals surface area contributed by atoms with Gasteiger partial charge >= 0.3 is 0 Å². The maximum absolute atomic E-state index is 5.93. The Kier molecular flexibility index (Phi) is 4.28. The highest BCUT2D eigenvalue weighted by molar-refractivity contribution is 7.98. The molecule has 6 heteroatoms. The van der Waals surface area contributed by atoms with Gasteiger partial charge in [-0.1, -0.05) is 35.5 Å². The summed E-state index contributed by atoms with van der Waals surface area (Å²) in [4.78, 5) is 8.41. The lowest BCUT2D eigenvalue weighted by Crippen LogP contribution is -1.98. The van der Waals surface area contributed by atoms with Crippen LogP contribution in [0.3, 0.4) is 0 Å². The summed E-state index contributed by atoms with van der Waals surface area (Å²) in [6, 6.07) is 9.29. The average molecular weight is 282 g/mol. The number of rotatable bonds is 4. The summed E-state index contributed by atoms with van der Waals surface area (Å²) in [5, 5.41) is 4.20. The second-order valence-corrected chi connectivity index (χ2v) is 4.55. The highest BCUT2D eigenvalue weighted by Gasteiger charge is 2.06. The van der Waals surface area contributed by atoms with Gasteiger partial charge in [-0.3, -0.25) is 0 Å². The van der Waals surface area contributed by atoms with Gasteiger partial charge in [0.15, 0.2) is 5.16 Å². The molecule has 0 spiro atoms. The molecule has 94 valence electrons. The fourth-order valence-electron chi connectivity index (χ4n) is 1.44. The molecule has 0 atom stereocenters. The molecule has 2 rings (SSSR count). The van der Waals surface area contributed by atoms with Crippen LogP contribution in [0.15, 0.2) is 35.5 Å². The minimum atomic E-state index is 0.409. The molecule has 0 unspecified atom stereocenters. The van der Waals surface area contributed by atoms with Crippen LogP contribution in [-0.2, 0) is 0 Å². The Balaban J connectivity index is 2.30. The highest BCUT2D eigenvalue weighted by atomic mass is 35.5. The fourth-order valence-corrected chi connectivity index (χ4v) is 2.05. The van der Waals surface area contributed by atoms with E-state index in [-0.39, 0.29) is 0 Å².